The summed E-state index contributed by atoms with van der Waals surface area (Å²) in [6, 6.07) is 1.95. The summed E-state index contributed by atoms with van der Waals surface area (Å²) < 4.78 is 0. The van der Waals surface area contributed by atoms with Crippen LogP contribution in [0.2, 0.25) is 5.02 Å². The zero-order valence-electron chi connectivity index (χ0n) is 10.2. The zero-order chi connectivity index (χ0) is 12.4. The minimum atomic E-state index is 0.00199. The quantitative estimate of drug-likeness (QED) is 0.770. The summed E-state index contributed by atoms with van der Waals surface area (Å²) in [5, 5.41) is 0.482. The first-order valence-corrected chi connectivity index (χ1v) is 6.38. The number of hydrogen-bond donors (Lipinski definition) is 0. The highest BCUT2D eigenvalue weighted by atomic mass is 35.5. The summed E-state index contributed by atoms with van der Waals surface area (Å²) in [4.78, 5) is 18.3. The third-order valence-electron chi connectivity index (χ3n) is 3.38. The Balaban J connectivity index is 2.22. The second-order valence-electron chi connectivity index (χ2n) is 4.84. The summed E-state index contributed by atoms with van der Waals surface area (Å²) in [5.74, 6) is 0.563. The number of likely N-dealkylation sites (tertiary alicyclic amines) is 1. The summed E-state index contributed by atoms with van der Waals surface area (Å²) in [7, 11) is 0. The van der Waals surface area contributed by atoms with E-state index in [-0.39, 0.29) is 11.9 Å². The number of pyridine rings is 1. The van der Waals surface area contributed by atoms with Crippen LogP contribution in [-0.4, -0.2) is 28.4 Å². The second kappa shape index (κ2) is 5.05. The standard InChI is InChI=1S/C13H17ClN2O/c1-9-3-4-10(2)16(8-9)13(17)11-7-15-6-5-12(11)14/h5-7,9-10H,3-4,8H2,1-2H3. The van der Waals surface area contributed by atoms with Gasteiger partial charge in [0.1, 0.15) is 0 Å². The lowest BCUT2D eigenvalue weighted by molar-refractivity contribution is 0.0574. The van der Waals surface area contributed by atoms with Crippen molar-refractivity contribution in [2.75, 3.05) is 6.54 Å². The van der Waals surface area contributed by atoms with Crippen molar-refractivity contribution in [3.63, 3.8) is 0 Å². The van der Waals surface area contributed by atoms with Gasteiger partial charge < -0.3 is 4.90 Å². The lowest BCUT2D eigenvalue weighted by Crippen LogP contribution is -2.45. The van der Waals surface area contributed by atoms with Crippen LogP contribution in [0.1, 0.15) is 37.0 Å². The van der Waals surface area contributed by atoms with E-state index in [1.54, 1.807) is 18.5 Å². The third-order valence-corrected chi connectivity index (χ3v) is 3.71. The molecule has 0 N–H and O–H groups in total. The molecule has 1 aliphatic heterocycles. The van der Waals surface area contributed by atoms with Crippen molar-refractivity contribution in [2.45, 2.75) is 32.7 Å². The molecule has 0 radical (unpaired) electrons. The number of rotatable bonds is 1. The molecule has 4 heteroatoms. The van der Waals surface area contributed by atoms with Crippen LogP contribution in [0, 0.1) is 5.92 Å². The Morgan fingerprint density at radius 3 is 2.94 bits per heavy atom. The first-order chi connectivity index (χ1) is 8.09. The van der Waals surface area contributed by atoms with E-state index in [0.717, 1.165) is 13.0 Å². The molecular formula is C13H17ClN2O. The molecule has 2 unspecified atom stereocenters. The fourth-order valence-corrected chi connectivity index (χ4v) is 2.45. The number of carbonyl (C=O) groups excluding carboxylic acids is 1. The molecule has 0 spiro atoms. The summed E-state index contributed by atoms with van der Waals surface area (Å²) in [6.07, 6.45) is 5.40. The molecule has 2 atom stereocenters. The van der Waals surface area contributed by atoms with Crippen LogP contribution in [0.15, 0.2) is 18.5 Å². The minimum absolute atomic E-state index is 0.00199. The van der Waals surface area contributed by atoms with Gasteiger partial charge in [-0.15, -0.1) is 0 Å². The number of nitrogens with zero attached hydrogens (tertiary/aromatic N) is 2. The molecule has 1 saturated heterocycles. The highest BCUT2D eigenvalue weighted by molar-refractivity contribution is 6.33. The maximum absolute atomic E-state index is 12.4. The molecular weight excluding hydrogens is 236 g/mol. The van der Waals surface area contributed by atoms with E-state index in [4.69, 9.17) is 11.6 Å². The van der Waals surface area contributed by atoms with Crippen molar-refractivity contribution in [2.24, 2.45) is 5.92 Å². The molecule has 92 valence electrons. The van der Waals surface area contributed by atoms with E-state index in [9.17, 15) is 4.79 Å². The van der Waals surface area contributed by atoms with Gasteiger partial charge in [0.15, 0.2) is 0 Å². The van der Waals surface area contributed by atoms with Crippen LogP contribution < -0.4 is 0 Å². The fourth-order valence-electron chi connectivity index (χ4n) is 2.26. The molecule has 1 fully saturated rings. The minimum Gasteiger partial charge on any atom is -0.336 e. The lowest BCUT2D eigenvalue weighted by atomic mass is 9.94. The molecule has 17 heavy (non-hydrogen) atoms. The Morgan fingerprint density at radius 2 is 2.24 bits per heavy atom. The number of halogens is 1. The largest absolute Gasteiger partial charge is 0.336 e. The Labute approximate surface area is 107 Å². The average molecular weight is 253 g/mol. The first-order valence-electron chi connectivity index (χ1n) is 6.00. The fraction of sp³-hybridized carbons (Fsp3) is 0.538. The van der Waals surface area contributed by atoms with Crippen molar-refractivity contribution in [1.29, 1.82) is 0 Å². The Kier molecular flexibility index (Phi) is 3.67. The SMILES string of the molecule is CC1CCC(C)N(C(=O)c2cnccc2Cl)C1. The molecule has 3 nitrogen and oxygen atoms in total. The average Bonchev–Trinajstić information content (AvgIpc) is 2.32. The van der Waals surface area contributed by atoms with Gasteiger partial charge in [-0.3, -0.25) is 9.78 Å². The molecule has 2 rings (SSSR count). The first kappa shape index (κ1) is 12.4. The van der Waals surface area contributed by atoms with Crippen molar-refractivity contribution < 1.29 is 4.79 Å². The van der Waals surface area contributed by atoms with Gasteiger partial charge in [0.2, 0.25) is 0 Å². The van der Waals surface area contributed by atoms with Crippen molar-refractivity contribution in [3.8, 4) is 0 Å². The van der Waals surface area contributed by atoms with E-state index in [0.29, 0.717) is 16.5 Å². The summed E-state index contributed by atoms with van der Waals surface area (Å²) in [6.45, 7) is 5.08. The van der Waals surface area contributed by atoms with Crippen LogP contribution in [0.5, 0.6) is 0 Å². The molecule has 0 bridgehead atoms. The number of piperidine rings is 1. The van der Waals surface area contributed by atoms with Crippen LogP contribution in [-0.2, 0) is 0 Å². The number of carbonyl (C=O) groups is 1. The normalized spacial score (nSPS) is 24.8. The number of amides is 1. The van der Waals surface area contributed by atoms with Gasteiger partial charge in [-0.1, -0.05) is 18.5 Å². The van der Waals surface area contributed by atoms with E-state index in [1.165, 1.54) is 6.42 Å². The van der Waals surface area contributed by atoms with Crippen molar-refractivity contribution in [3.05, 3.63) is 29.0 Å². The molecule has 1 aromatic rings. The Hall–Kier alpha value is -1.09. The number of hydrogen-bond acceptors (Lipinski definition) is 2. The van der Waals surface area contributed by atoms with Gasteiger partial charge >= 0.3 is 0 Å². The highest BCUT2D eigenvalue weighted by Crippen LogP contribution is 2.25. The molecule has 0 saturated carbocycles. The smallest absolute Gasteiger partial charge is 0.257 e. The molecule has 2 heterocycles. The van der Waals surface area contributed by atoms with Crippen molar-refractivity contribution in [1.82, 2.24) is 9.88 Å². The maximum Gasteiger partial charge on any atom is 0.257 e. The van der Waals surface area contributed by atoms with Crippen LogP contribution >= 0.6 is 11.6 Å². The molecule has 0 aliphatic carbocycles. The monoisotopic (exact) mass is 252 g/mol. The zero-order valence-corrected chi connectivity index (χ0v) is 10.9. The molecule has 0 aromatic carbocycles. The predicted octanol–water partition coefficient (Wildman–Crippen LogP) is 3.00. The van der Waals surface area contributed by atoms with E-state index in [2.05, 4.69) is 18.8 Å². The predicted molar refractivity (Wildman–Crippen MR) is 68.1 cm³/mol. The summed E-state index contributed by atoms with van der Waals surface area (Å²) >= 11 is 6.03. The third kappa shape index (κ3) is 2.60. The van der Waals surface area contributed by atoms with E-state index < -0.39 is 0 Å². The Bertz CT molecular complexity index is 422. The second-order valence-corrected chi connectivity index (χ2v) is 5.25. The van der Waals surface area contributed by atoms with Crippen LogP contribution in [0.3, 0.4) is 0 Å². The van der Waals surface area contributed by atoms with E-state index >= 15 is 0 Å². The van der Waals surface area contributed by atoms with Gasteiger partial charge in [-0.05, 0) is 31.7 Å². The molecule has 1 aromatic heterocycles. The number of aromatic nitrogens is 1. The van der Waals surface area contributed by atoms with Gasteiger partial charge in [-0.25, -0.2) is 0 Å². The highest BCUT2D eigenvalue weighted by Gasteiger charge is 2.28. The maximum atomic E-state index is 12.4. The van der Waals surface area contributed by atoms with Gasteiger partial charge in [0, 0.05) is 25.0 Å². The molecule has 1 amide bonds. The van der Waals surface area contributed by atoms with Crippen LogP contribution in [0.25, 0.3) is 0 Å². The van der Waals surface area contributed by atoms with Gasteiger partial charge in [0.05, 0.1) is 10.6 Å². The Morgan fingerprint density at radius 1 is 1.47 bits per heavy atom. The lowest BCUT2D eigenvalue weighted by Gasteiger charge is -2.36. The topological polar surface area (TPSA) is 33.2 Å². The van der Waals surface area contributed by atoms with E-state index in [1.807, 2.05) is 4.90 Å². The molecule has 1 aliphatic rings. The van der Waals surface area contributed by atoms with Crippen molar-refractivity contribution >= 4 is 17.5 Å². The summed E-state index contributed by atoms with van der Waals surface area (Å²) in [5.41, 5.74) is 0.509. The van der Waals surface area contributed by atoms with Crippen LogP contribution in [0.4, 0.5) is 0 Å². The van der Waals surface area contributed by atoms with Gasteiger partial charge in [0.25, 0.3) is 5.91 Å². The van der Waals surface area contributed by atoms with Gasteiger partial charge in [-0.2, -0.15) is 0 Å².